The zero-order chi connectivity index (χ0) is 39.6. The molecule has 6 nitrogen and oxygen atoms in total. The fourth-order valence-electron chi connectivity index (χ4n) is 6.40. The van der Waals surface area contributed by atoms with Crippen molar-refractivity contribution in [2.24, 2.45) is 0 Å². The van der Waals surface area contributed by atoms with Crippen molar-refractivity contribution in [3.8, 4) is 0 Å². The molecule has 0 saturated carbocycles. The van der Waals surface area contributed by atoms with Gasteiger partial charge in [-0.3, -0.25) is 9.59 Å². The zero-order valence-electron chi connectivity index (χ0n) is 35.3. The van der Waals surface area contributed by atoms with Gasteiger partial charge in [0.25, 0.3) is 0 Å². The van der Waals surface area contributed by atoms with Crippen LogP contribution in [0.3, 0.4) is 0 Å². The molecule has 0 fully saturated rings. The Morgan fingerprint density at radius 1 is 0.556 bits per heavy atom. The fraction of sp³-hybridized carbons (Fsp3) is 0.750. The van der Waals surface area contributed by atoms with E-state index in [9.17, 15) is 19.8 Å². The third-order valence-corrected chi connectivity index (χ3v) is 9.83. The molecular formula is C48H85NO5. The Hall–Kier alpha value is -2.44. The van der Waals surface area contributed by atoms with Crippen LogP contribution >= 0.6 is 0 Å². The van der Waals surface area contributed by atoms with E-state index in [-0.39, 0.29) is 24.9 Å². The second-order valence-electron chi connectivity index (χ2n) is 15.1. The SMILES string of the molecule is CC/C=C/C/C=C/C/C=C/C/C=C/CCCCCC(=O)OC(CCCCC/C=C\CCCC)CC(=O)NC(CO)C(O)CCCCCCCCCCCC. The third-order valence-electron chi connectivity index (χ3n) is 9.83. The molecule has 0 rings (SSSR count). The molecule has 0 radical (unpaired) electrons. The number of esters is 1. The van der Waals surface area contributed by atoms with Crippen molar-refractivity contribution in [3.05, 3.63) is 60.8 Å². The highest BCUT2D eigenvalue weighted by molar-refractivity contribution is 5.77. The minimum atomic E-state index is -0.795. The van der Waals surface area contributed by atoms with Crippen molar-refractivity contribution in [1.29, 1.82) is 0 Å². The molecule has 0 aliphatic heterocycles. The van der Waals surface area contributed by atoms with Crippen LogP contribution in [0.15, 0.2) is 60.8 Å². The van der Waals surface area contributed by atoms with E-state index in [2.05, 4.69) is 86.8 Å². The summed E-state index contributed by atoms with van der Waals surface area (Å²) in [5, 5.41) is 23.6. The second-order valence-corrected chi connectivity index (χ2v) is 15.1. The number of amides is 1. The van der Waals surface area contributed by atoms with E-state index in [4.69, 9.17) is 4.74 Å². The van der Waals surface area contributed by atoms with Crippen LogP contribution in [-0.4, -0.2) is 46.9 Å². The number of unbranched alkanes of at least 4 members (excludes halogenated alkanes) is 17. The zero-order valence-corrected chi connectivity index (χ0v) is 35.3. The first-order valence-electron chi connectivity index (χ1n) is 22.5. The van der Waals surface area contributed by atoms with Crippen LogP contribution in [0.2, 0.25) is 0 Å². The Morgan fingerprint density at radius 2 is 1.02 bits per heavy atom. The van der Waals surface area contributed by atoms with Crippen molar-refractivity contribution in [1.82, 2.24) is 5.32 Å². The fourth-order valence-corrected chi connectivity index (χ4v) is 6.40. The van der Waals surface area contributed by atoms with Gasteiger partial charge in [-0.25, -0.2) is 0 Å². The lowest BCUT2D eigenvalue weighted by atomic mass is 10.0. The van der Waals surface area contributed by atoms with E-state index in [1.54, 1.807) is 0 Å². The van der Waals surface area contributed by atoms with E-state index >= 15 is 0 Å². The number of carbonyl (C=O) groups is 2. The lowest BCUT2D eigenvalue weighted by molar-refractivity contribution is -0.151. The lowest BCUT2D eigenvalue weighted by Crippen LogP contribution is -2.46. The number of allylic oxidation sites excluding steroid dienone is 10. The topological polar surface area (TPSA) is 95.9 Å². The van der Waals surface area contributed by atoms with Crippen LogP contribution in [0.1, 0.15) is 207 Å². The van der Waals surface area contributed by atoms with Gasteiger partial charge in [-0.2, -0.15) is 0 Å². The highest BCUT2D eigenvalue weighted by atomic mass is 16.5. The quantitative estimate of drug-likeness (QED) is 0.0330. The van der Waals surface area contributed by atoms with Gasteiger partial charge in [-0.15, -0.1) is 0 Å². The summed E-state index contributed by atoms with van der Waals surface area (Å²) in [7, 11) is 0. The molecule has 3 N–H and O–H groups in total. The Labute approximate surface area is 333 Å². The normalized spacial score (nSPS) is 13.9. The first-order chi connectivity index (χ1) is 26.5. The number of ether oxygens (including phenoxy) is 1. The summed E-state index contributed by atoms with van der Waals surface area (Å²) in [6.45, 7) is 6.28. The third kappa shape index (κ3) is 36.5. The maximum atomic E-state index is 13.1. The predicted molar refractivity (Wildman–Crippen MR) is 232 cm³/mol. The van der Waals surface area contributed by atoms with Crippen molar-refractivity contribution < 1.29 is 24.5 Å². The number of nitrogens with one attached hydrogen (secondary N) is 1. The summed E-state index contributed by atoms with van der Waals surface area (Å²) in [6, 6.07) is -0.711. The standard InChI is InChI=1S/C48H85NO5/c1-4-7-10-13-16-19-21-22-23-24-25-26-29-32-35-38-41-48(53)54-44(39-36-33-30-27-18-15-12-9-6-3)42-47(52)49-45(43-50)46(51)40-37-34-31-28-20-17-14-11-8-5-2/h7,10,15-16,18-19,22-23,25-26,44-46,50-51H,4-6,8-9,11-14,17,20-21,24,27-43H2,1-3H3,(H,49,52)/b10-7+,18-15-,19-16+,23-22+,26-25+. The van der Waals surface area contributed by atoms with E-state index in [1.165, 1.54) is 57.8 Å². The van der Waals surface area contributed by atoms with Crippen molar-refractivity contribution in [2.45, 2.75) is 225 Å². The van der Waals surface area contributed by atoms with Gasteiger partial charge in [0.2, 0.25) is 5.91 Å². The Balaban J connectivity index is 4.60. The van der Waals surface area contributed by atoms with Crippen LogP contribution in [0.4, 0.5) is 0 Å². The molecule has 0 heterocycles. The molecule has 0 aromatic heterocycles. The molecule has 312 valence electrons. The number of rotatable bonds is 39. The molecule has 0 saturated heterocycles. The first-order valence-corrected chi connectivity index (χ1v) is 22.5. The number of hydrogen-bond acceptors (Lipinski definition) is 5. The van der Waals surface area contributed by atoms with E-state index in [1.807, 2.05) is 0 Å². The van der Waals surface area contributed by atoms with Gasteiger partial charge < -0.3 is 20.3 Å². The van der Waals surface area contributed by atoms with Gasteiger partial charge in [0.05, 0.1) is 25.2 Å². The van der Waals surface area contributed by atoms with Crippen molar-refractivity contribution in [3.63, 3.8) is 0 Å². The van der Waals surface area contributed by atoms with Crippen LogP contribution < -0.4 is 5.32 Å². The average Bonchev–Trinajstić information content (AvgIpc) is 3.16. The summed E-state index contributed by atoms with van der Waals surface area (Å²) in [6.07, 6.45) is 50.0. The van der Waals surface area contributed by atoms with Crippen LogP contribution in [0, 0.1) is 0 Å². The minimum Gasteiger partial charge on any atom is -0.462 e. The van der Waals surface area contributed by atoms with Crippen LogP contribution in [-0.2, 0) is 14.3 Å². The van der Waals surface area contributed by atoms with Crippen molar-refractivity contribution in [2.75, 3.05) is 6.61 Å². The summed E-state index contributed by atoms with van der Waals surface area (Å²) < 4.78 is 5.86. The summed E-state index contributed by atoms with van der Waals surface area (Å²) in [5.41, 5.74) is 0. The Kier molecular flexibility index (Phi) is 39.8. The smallest absolute Gasteiger partial charge is 0.306 e. The minimum absolute atomic E-state index is 0.0516. The maximum absolute atomic E-state index is 13.1. The molecule has 0 aliphatic rings. The highest BCUT2D eigenvalue weighted by Crippen LogP contribution is 2.16. The average molecular weight is 756 g/mol. The molecule has 3 unspecified atom stereocenters. The molecule has 54 heavy (non-hydrogen) atoms. The van der Waals surface area contributed by atoms with Gasteiger partial charge in [0, 0.05) is 6.42 Å². The molecule has 1 amide bonds. The lowest BCUT2D eigenvalue weighted by Gasteiger charge is -2.24. The molecular weight excluding hydrogens is 671 g/mol. The summed E-state index contributed by atoms with van der Waals surface area (Å²) in [4.78, 5) is 25.9. The first kappa shape index (κ1) is 51.6. The molecule has 0 aromatic carbocycles. The van der Waals surface area contributed by atoms with Gasteiger partial charge in [0.15, 0.2) is 0 Å². The predicted octanol–water partition coefficient (Wildman–Crippen LogP) is 12.9. The largest absolute Gasteiger partial charge is 0.462 e. The maximum Gasteiger partial charge on any atom is 0.306 e. The Morgan fingerprint density at radius 3 is 1.59 bits per heavy atom. The molecule has 0 spiro atoms. The highest BCUT2D eigenvalue weighted by Gasteiger charge is 2.24. The van der Waals surface area contributed by atoms with E-state index in [0.717, 1.165) is 103 Å². The number of hydrogen-bond donors (Lipinski definition) is 3. The summed E-state index contributed by atoms with van der Waals surface area (Å²) >= 11 is 0. The second kappa shape index (κ2) is 41.7. The van der Waals surface area contributed by atoms with E-state index in [0.29, 0.717) is 19.3 Å². The van der Waals surface area contributed by atoms with Crippen molar-refractivity contribution >= 4 is 11.9 Å². The number of aliphatic hydroxyl groups is 2. The van der Waals surface area contributed by atoms with Crippen LogP contribution in [0.5, 0.6) is 0 Å². The molecule has 0 bridgehead atoms. The van der Waals surface area contributed by atoms with Gasteiger partial charge in [0.1, 0.15) is 6.10 Å². The summed E-state index contributed by atoms with van der Waals surface area (Å²) in [5.74, 6) is -0.534. The number of carbonyl (C=O) groups excluding carboxylic acids is 2. The van der Waals surface area contributed by atoms with Gasteiger partial charge in [-0.05, 0) is 83.5 Å². The molecule has 0 aromatic rings. The number of aliphatic hydroxyl groups excluding tert-OH is 2. The van der Waals surface area contributed by atoms with Crippen LogP contribution in [0.25, 0.3) is 0 Å². The monoisotopic (exact) mass is 756 g/mol. The van der Waals surface area contributed by atoms with E-state index < -0.39 is 18.2 Å². The van der Waals surface area contributed by atoms with Gasteiger partial charge >= 0.3 is 5.97 Å². The molecule has 0 aliphatic carbocycles. The van der Waals surface area contributed by atoms with Gasteiger partial charge in [-0.1, -0.05) is 171 Å². The molecule has 3 atom stereocenters. The molecule has 6 heteroatoms. The Bertz CT molecular complexity index is 984.